The molecule has 130 valence electrons. The van der Waals surface area contributed by atoms with Crippen LogP contribution in [0.1, 0.15) is 11.1 Å². The molecule has 0 saturated carbocycles. The molecule has 1 aliphatic rings. The molecule has 0 bridgehead atoms. The number of carbonyl (C=O) groups excluding carboxylic acids is 1. The number of carbonyl (C=O) groups is 1. The molecule has 0 spiro atoms. The number of halogens is 1. The van der Waals surface area contributed by atoms with Gasteiger partial charge in [0.05, 0.1) is 18.3 Å². The van der Waals surface area contributed by atoms with E-state index >= 15 is 0 Å². The fourth-order valence-corrected chi connectivity index (χ4v) is 2.98. The number of nitrogens with zero attached hydrogens (tertiary/aromatic N) is 2. The van der Waals surface area contributed by atoms with E-state index in [0.717, 1.165) is 16.9 Å². The lowest BCUT2D eigenvalue weighted by Crippen LogP contribution is -2.23. The van der Waals surface area contributed by atoms with Gasteiger partial charge in [-0.2, -0.15) is 5.10 Å². The summed E-state index contributed by atoms with van der Waals surface area (Å²) in [5.74, 6) is 1.14. The summed E-state index contributed by atoms with van der Waals surface area (Å²) in [5, 5.41) is 7.80. The minimum absolute atomic E-state index is 0.216. The van der Waals surface area contributed by atoms with Gasteiger partial charge in [0.25, 0.3) is 5.91 Å². The van der Waals surface area contributed by atoms with E-state index < -0.39 is 0 Å². The lowest BCUT2D eigenvalue weighted by Gasteiger charge is -2.18. The maximum Gasteiger partial charge on any atom is 0.256 e. The van der Waals surface area contributed by atoms with E-state index in [0.29, 0.717) is 23.0 Å². The van der Waals surface area contributed by atoms with Crippen molar-refractivity contribution in [2.24, 2.45) is 0 Å². The third kappa shape index (κ3) is 3.48. The molecule has 0 saturated heterocycles. The SMILES string of the molecule is O=C(Nc1ccnn1Cc1ccccc1)C1=Cc2cc(Cl)ccc2OC1. The number of ether oxygens (including phenoxy) is 1. The molecule has 0 unspecified atom stereocenters. The van der Waals surface area contributed by atoms with Crippen molar-refractivity contribution in [1.29, 1.82) is 0 Å². The van der Waals surface area contributed by atoms with Crippen LogP contribution in [-0.2, 0) is 11.3 Å². The maximum absolute atomic E-state index is 12.6. The number of amides is 1. The van der Waals surface area contributed by atoms with Gasteiger partial charge in [0.1, 0.15) is 18.2 Å². The van der Waals surface area contributed by atoms with E-state index in [-0.39, 0.29) is 12.5 Å². The van der Waals surface area contributed by atoms with Crippen molar-refractivity contribution in [2.75, 3.05) is 11.9 Å². The largest absolute Gasteiger partial charge is 0.488 e. The van der Waals surface area contributed by atoms with Crippen LogP contribution in [0.25, 0.3) is 6.08 Å². The molecule has 0 fully saturated rings. The summed E-state index contributed by atoms with van der Waals surface area (Å²) in [6.07, 6.45) is 3.47. The third-order valence-electron chi connectivity index (χ3n) is 4.11. The number of anilines is 1. The molecule has 0 atom stereocenters. The summed E-state index contributed by atoms with van der Waals surface area (Å²) >= 11 is 6.02. The average Bonchev–Trinajstić information content (AvgIpc) is 3.08. The van der Waals surface area contributed by atoms with Crippen LogP contribution in [0, 0.1) is 0 Å². The number of nitrogens with one attached hydrogen (secondary N) is 1. The fraction of sp³-hybridized carbons (Fsp3) is 0.100. The summed E-state index contributed by atoms with van der Waals surface area (Å²) in [4.78, 5) is 12.6. The maximum atomic E-state index is 12.6. The molecule has 1 aliphatic heterocycles. The van der Waals surface area contributed by atoms with Crippen molar-refractivity contribution in [3.63, 3.8) is 0 Å². The molecule has 3 aromatic rings. The molecule has 1 aromatic heterocycles. The quantitative estimate of drug-likeness (QED) is 0.760. The van der Waals surface area contributed by atoms with Gasteiger partial charge in [-0.15, -0.1) is 0 Å². The van der Waals surface area contributed by atoms with Crippen molar-refractivity contribution in [1.82, 2.24) is 9.78 Å². The first kappa shape index (κ1) is 16.4. The lowest BCUT2D eigenvalue weighted by molar-refractivity contribution is -0.113. The summed E-state index contributed by atoms with van der Waals surface area (Å²) in [6.45, 7) is 0.796. The second-order valence-electron chi connectivity index (χ2n) is 5.95. The number of aromatic nitrogens is 2. The molecule has 1 N–H and O–H groups in total. The Morgan fingerprint density at radius 1 is 1.19 bits per heavy atom. The van der Waals surface area contributed by atoms with E-state index in [2.05, 4.69) is 10.4 Å². The molecule has 6 heteroatoms. The van der Waals surface area contributed by atoms with Crippen LogP contribution < -0.4 is 10.1 Å². The van der Waals surface area contributed by atoms with Crippen LogP contribution in [0.15, 0.2) is 66.4 Å². The topological polar surface area (TPSA) is 56.2 Å². The van der Waals surface area contributed by atoms with Crippen LogP contribution in [0.3, 0.4) is 0 Å². The van der Waals surface area contributed by atoms with Gasteiger partial charge in [0.2, 0.25) is 0 Å². The molecule has 5 nitrogen and oxygen atoms in total. The zero-order valence-corrected chi connectivity index (χ0v) is 14.6. The van der Waals surface area contributed by atoms with Crippen molar-refractivity contribution < 1.29 is 9.53 Å². The summed E-state index contributed by atoms with van der Waals surface area (Å²) in [5.41, 5.74) is 2.44. The molecule has 26 heavy (non-hydrogen) atoms. The number of hydrogen-bond donors (Lipinski definition) is 1. The summed E-state index contributed by atoms with van der Waals surface area (Å²) < 4.78 is 7.40. The normalized spacial score (nSPS) is 12.7. The third-order valence-corrected chi connectivity index (χ3v) is 4.34. The Morgan fingerprint density at radius 2 is 2.04 bits per heavy atom. The van der Waals surface area contributed by atoms with Gasteiger partial charge in [-0.05, 0) is 29.8 Å². The molecular formula is C20H16ClN3O2. The number of benzene rings is 2. The van der Waals surface area contributed by atoms with Gasteiger partial charge in [0.15, 0.2) is 0 Å². The Bertz CT molecular complexity index is 980. The van der Waals surface area contributed by atoms with E-state index in [1.54, 1.807) is 41.2 Å². The Kier molecular flexibility index (Phi) is 4.46. The second kappa shape index (κ2) is 7.06. The minimum atomic E-state index is -0.217. The van der Waals surface area contributed by atoms with Gasteiger partial charge in [-0.1, -0.05) is 41.9 Å². The Balaban J connectivity index is 1.52. The highest BCUT2D eigenvalue weighted by Crippen LogP contribution is 2.29. The van der Waals surface area contributed by atoms with Crippen molar-refractivity contribution >= 4 is 29.4 Å². The van der Waals surface area contributed by atoms with Crippen LogP contribution >= 0.6 is 11.6 Å². The highest BCUT2D eigenvalue weighted by atomic mass is 35.5. The first-order chi connectivity index (χ1) is 12.7. The first-order valence-electron chi connectivity index (χ1n) is 8.19. The standard InChI is InChI=1S/C20H16ClN3O2/c21-17-6-7-18-15(11-17)10-16(13-26-18)20(25)23-19-8-9-22-24(19)12-14-4-2-1-3-5-14/h1-11H,12-13H2,(H,23,25). The monoisotopic (exact) mass is 365 g/mol. The molecule has 2 heterocycles. The van der Waals surface area contributed by atoms with Crippen molar-refractivity contribution in [2.45, 2.75) is 6.54 Å². The van der Waals surface area contributed by atoms with E-state index in [1.165, 1.54) is 0 Å². The minimum Gasteiger partial charge on any atom is -0.488 e. The van der Waals surface area contributed by atoms with Crippen LogP contribution in [-0.4, -0.2) is 22.3 Å². The molecular weight excluding hydrogens is 350 g/mol. The fourth-order valence-electron chi connectivity index (χ4n) is 2.80. The van der Waals surface area contributed by atoms with E-state index in [1.807, 2.05) is 30.3 Å². The van der Waals surface area contributed by atoms with Gasteiger partial charge < -0.3 is 10.1 Å². The number of hydrogen-bond acceptors (Lipinski definition) is 3. The predicted octanol–water partition coefficient (Wildman–Crippen LogP) is 4.00. The van der Waals surface area contributed by atoms with Gasteiger partial charge >= 0.3 is 0 Å². The van der Waals surface area contributed by atoms with Crippen molar-refractivity contribution in [3.05, 3.63) is 82.5 Å². The second-order valence-corrected chi connectivity index (χ2v) is 6.39. The highest BCUT2D eigenvalue weighted by molar-refractivity contribution is 6.30. The van der Waals surface area contributed by atoms with E-state index in [9.17, 15) is 4.79 Å². The van der Waals surface area contributed by atoms with Gasteiger partial charge in [-0.3, -0.25) is 4.79 Å². The molecule has 0 aliphatic carbocycles. The average molecular weight is 366 g/mol. The smallest absolute Gasteiger partial charge is 0.256 e. The Hall–Kier alpha value is -3.05. The zero-order valence-electron chi connectivity index (χ0n) is 13.9. The van der Waals surface area contributed by atoms with Gasteiger partial charge in [0, 0.05) is 16.7 Å². The molecule has 0 radical (unpaired) electrons. The summed E-state index contributed by atoms with van der Waals surface area (Å²) in [6, 6.07) is 17.1. The number of fused-ring (bicyclic) bond motifs is 1. The zero-order chi connectivity index (χ0) is 17.9. The molecule has 1 amide bonds. The van der Waals surface area contributed by atoms with Crippen LogP contribution in [0.2, 0.25) is 5.02 Å². The first-order valence-corrected chi connectivity index (χ1v) is 8.57. The van der Waals surface area contributed by atoms with Crippen LogP contribution in [0.5, 0.6) is 5.75 Å². The molecule has 2 aromatic carbocycles. The predicted molar refractivity (Wildman–Crippen MR) is 101 cm³/mol. The van der Waals surface area contributed by atoms with E-state index in [4.69, 9.17) is 16.3 Å². The Labute approximate surface area is 155 Å². The van der Waals surface area contributed by atoms with Crippen molar-refractivity contribution in [3.8, 4) is 5.75 Å². The highest BCUT2D eigenvalue weighted by Gasteiger charge is 2.18. The lowest BCUT2D eigenvalue weighted by atomic mass is 10.1. The number of rotatable bonds is 4. The summed E-state index contributed by atoms with van der Waals surface area (Å²) in [7, 11) is 0. The Morgan fingerprint density at radius 3 is 2.88 bits per heavy atom. The van der Waals surface area contributed by atoms with Crippen LogP contribution in [0.4, 0.5) is 5.82 Å². The van der Waals surface area contributed by atoms with Gasteiger partial charge in [-0.25, -0.2) is 4.68 Å². The molecule has 4 rings (SSSR count).